The summed E-state index contributed by atoms with van der Waals surface area (Å²) in [7, 11) is -3.63. The van der Waals surface area contributed by atoms with Gasteiger partial charge in [0, 0.05) is 38.3 Å². The molecule has 0 radical (unpaired) electrons. The van der Waals surface area contributed by atoms with Gasteiger partial charge in [-0.15, -0.1) is 0 Å². The Bertz CT molecular complexity index is 887. The van der Waals surface area contributed by atoms with Crippen LogP contribution in [0.3, 0.4) is 0 Å². The van der Waals surface area contributed by atoms with Crippen LogP contribution < -0.4 is 10.2 Å². The van der Waals surface area contributed by atoms with Crippen molar-refractivity contribution in [3.8, 4) is 0 Å². The zero-order chi connectivity index (χ0) is 23.1. The Labute approximate surface area is 199 Å². The van der Waals surface area contributed by atoms with Gasteiger partial charge in [-0.2, -0.15) is 4.31 Å². The average Bonchev–Trinajstić information content (AvgIpc) is 2.88. The molecule has 3 fully saturated rings. The summed E-state index contributed by atoms with van der Waals surface area (Å²) in [6.07, 6.45) is 11.0. The first-order valence-corrected chi connectivity index (χ1v) is 14.4. The number of amides is 1. The third-order valence-electron chi connectivity index (χ3n) is 7.24. The third-order valence-corrected chi connectivity index (χ3v) is 9.16. The minimum absolute atomic E-state index is 0.186. The van der Waals surface area contributed by atoms with E-state index in [1.165, 1.54) is 25.7 Å². The van der Waals surface area contributed by atoms with Crippen LogP contribution in [0.2, 0.25) is 0 Å². The molecule has 1 aromatic carbocycles. The van der Waals surface area contributed by atoms with E-state index >= 15 is 0 Å². The molecule has 7 nitrogen and oxygen atoms in total. The Kier molecular flexibility index (Phi) is 8.66. The highest BCUT2D eigenvalue weighted by molar-refractivity contribution is 7.89. The first kappa shape index (κ1) is 24.5. The molecule has 4 rings (SSSR count). The van der Waals surface area contributed by atoms with Crippen LogP contribution in [0, 0.1) is 0 Å². The molecule has 184 valence electrons. The van der Waals surface area contributed by atoms with Crippen LogP contribution >= 0.6 is 0 Å². The molecule has 3 heterocycles. The van der Waals surface area contributed by atoms with Crippen LogP contribution in [0.25, 0.3) is 0 Å². The molecule has 33 heavy (non-hydrogen) atoms. The van der Waals surface area contributed by atoms with Crippen molar-refractivity contribution in [2.75, 3.05) is 57.3 Å². The number of nitrogens with zero attached hydrogens (tertiary/aromatic N) is 3. The van der Waals surface area contributed by atoms with E-state index in [0.29, 0.717) is 30.1 Å². The highest BCUT2D eigenvalue weighted by atomic mass is 32.2. The number of likely N-dealkylation sites (tertiary alicyclic amines) is 1. The number of hydrogen-bond donors (Lipinski definition) is 1. The average molecular weight is 477 g/mol. The van der Waals surface area contributed by atoms with Crippen molar-refractivity contribution in [3.63, 3.8) is 0 Å². The van der Waals surface area contributed by atoms with E-state index in [2.05, 4.69) is 15.1 Å². The van der Waals surface area contributed by atoms with Gasteiger partial charge in [-0.05, 0) is 89.2 Å². The molecule has 0 aliphatic carbocycles. The number of sulfonamides is 1. The number of nitrogens with one attached hydrogen (secondary N) is 1. The Morgan fingerprint density at radius 1 is 0.818 bits per heavy atom. The molecule has 3 saturated heterocycles. The van der Waals surface area contributed by atoms with Crippen LogP contribution in [0.4, 0.5) is 5.69 Å². The van der Waals surface area contributed by atoms with E-state index in [1.54, 1.807) is 16.4 Å². The summed E-state index contributed by atoms with van der Waals surface area (Å²) >= 11 is 0. The Balaban J connectivity index is 1.47. The van der Waals surface area contributed by atoms with E-state index in [9.17, 15) is 13.2 Å². The first-order chi connectivity index (χ1) is 16.1. The van der Waals surface area contributed by atoms with Gasteiger partial charge in [0.15, 0.2) is 0 Å². The normalized spacial score (nSPS) is 21.2. The van der Waals surface area contributed by atoms with Gasteiger partial charge in [0.1, 0.15) is 4.90 Å². The predicted molar refractivity (Wildman–Crippen MR) is 132 cm³/mol. The van der Waals surface area contributed by atoms with Crippen LogP contribution in [-0.2, 0) is 10.0 Å². The van der Waals surface area contributed by atoms with Crippen molar-refractivity contribution in [2.24, 2.45) is 0 Å². The van der Waals surface area contributed by atoms with Crippen LogP contribution in [0.15, 0.2) is 23.1 Å². The molecule has 3 aliphatic heterocycles. The second-order valence-electron chi connectivity index (χ2n) is 9.71. The smallest absolute Gasteiger partial charge is 0.251 e. The molecule has 0 unspecified atom stereocenters. The molecule has 1 aromatic rings. The fraction of sp³-hybridized carbons (Fsp3) is 0.720. The summed E-state index contributed by atoms with van der Waals surface area (Å²) < 4.78 is 28.9. The molecule has 0 aromatic heterocycles. The second-order valence-corrected chi connectivity index (χ2v) is 11.6. The monoisotopic (exact) mass is 476 g/mol. The maximum Gasteiger partial charge on any atom is 0.251 e. The number of carbonyl (C=O) groups is 1. The van der Waals surface area contributed by atoms with Crippen molar-refractivity contribution in [1.29, 1.82) is 0 Å². The quantitative estimate of drug-likeness (QED) is 0.582. The van der Waals surface area contributed by atoms with Gasteiger partial charge in [0.05, 0.1) is 5.69 Å². The van der Waals surface area contributed by atoms with E-state index in [1.807, 2.05) is 6.07 Å². The van der Waals surface area contributed by atoms with Crippen molar-refractivity contribution in [1.82, 2.24) is 14.5 Å². The van der Waals surface area contributed by atoms with Crippen molar-refractivity contribution in [2.45, 2.75) is 69.1 Å². The van der Waals surface area contributed by atoms with Crippen molar-refractivity contribution >= 4 is 21.6 Å². The van der Waals surface area contributed by atoms with Gasteiger partial charge < -0.3 is 15.1 Å². The fourth-order valence-corrected chi connectivity index (χ4v) is 7.05. The predicted octanol–water partition coefficient (Wildman–Crippen LogP) is 3.46. The molecule has 0 saturated carbocycles. The molecule has 8 heteroatoms. The second kappa shape index (κ2) is 11.7. The molecule has 0 bridgehead atoms. The Morgan fingerprint density at radius 3 is 2.09 bits per heavy atom. The van der Waals surface area contributed by atoms with Gasteiger partial charge in [-0.3, -0.25) is 4.79 Å². The Hall–Kier alpha value is -1.64. The van der Waals surface area contributed by atoms with Crippen LogP contribution in [0.1, 0.15) is 74.6 Å². The number of rotatable bonds is 8. The topological polar surface area (TPSA) is 73.0 Å². The third kappa shape index (κ3) is 6.28. The summed E-state index contributed by atoms with van der Waals surface area (Å²) in [6, 6.07) is 5.26. The van der Waals surface area contributed by atoms with Gasteiger partial charge in [-0.1, -0.05) is 12.8 Å². The first-order valence-electron chi connectivity index (χ1n) is 13.0. The van der Waals surface area contributed by atoms with E-state index in [4.69, 9.17) is 0 Å². The SMILES string of the molecule is O=C(NCCCN1CCCCC1)c1ccc(N2CCCCC2)c(S(=O)(=O)N2CCCCC2)c1. The van der Waals surface area contributed by atoms with Crippen LogP contribution in [0.5, 0.6) is 0 Å². The molecule has 0 spiro atoms. The summed E-state index contributed by atoms with van der Waals surface area (Å²) in [5, 5.41) is 3.01. The lowest BCUT2D eigenvalue weighted by Gasteiger charge is -2.33. The van der Waals surface area contributed by atoms with E-state index in [-0.39, 0.29) is 5.91 Å². The number of piperidine rings is 3. The highest BCUT2D eigenvalue weighted by Crippen LogP contribution is 2.32. The van der Waals surface area contributed by atoms with Crippen molar-refractivity contribution < 1.29 is 13.2 Å². The minimum atomic E-state index is -3.63. The zero-order valence-electron chi connectivity index (χ0n) is 19.9. The van der Waals surface area contributed by atoms with E-state index < -0.39 is 10.0 Å². The number of benzene rings is 1. The summed E-state index contributed by atoms with van der Waals surface area (Å²) in [4.78, 5) is 17.8. The largest absolute Gasteiger partial charge is 0.370 e. The minimum Gasteiger partial charge on any atom is -0.370 e. The lowest BCUT2D eigenvalue weighted by molar-refractivity contribution is 0.0951. The number of anilines is 1. The standard InChI is InChI=1S/C25H40N4O3S/c30-25(26-13-10-16-27-14-4-1-5-15-27)22-11-12-23(28-17-6-2-7-18-28)24(21-22)33(31,32)29-19-8-3-9-20-29/h11-12,21H,1-10,13-20H2,(H,26,30). The van der Waals surface area contributed by atoms with E-state index in [0.717, 1.165) is 76.9 Å². The van der Waals surface area contributed by atoms with Gasteiger partial charge in [0.25, 0.3) is 5.91 Å². The van der Waals surface area contributed by atoms with Gasteiger partial charge in [-0.25, -0.2) is 8.42 Å². The Morgan fingerprint density at radius 2 is 1.42 bits per heavy atom. The molecule has 0 atom stereocenters. The van der Waals surface area contributed by atoms with Gasteiger partial charge in [0.2, 0.25) is 10.0 Å². The maximum atomic E-state index is 13.6. The zero-order valence-corrected chi connectivity index (χ0v) is 20.8. The van der Waals surface area contributed by atoms with Crippen LogP contribution in [-0.4, -0.2) is 75.9 Å². The molecule has 1 amide bonds. The summed E-state index contributed by atoms with van der Waals surface area (Å²) in [6.45, 7) is 6.78. The van der Waals surface area contributed by atoms with Crippen molar-refractivity contribution in [3.05, 3.63) is 23.8 Å². The fourth-order valence-electron chi connectivity index (χ4n) is 5.29. The lowest BCUT2D eigenvalue weighted by atomic mass is 10.1. The summed E-state index contributed by atoms with van der Waals surface area (Å²) in [5.41, 5.74) is 1.19. The molecular formula is C25H40N4O3S. The molecule has 3 aliphatic rings. The number of hydrogen-bond acceptors (Lipinski definition) is 5. The highest BCUT2D eigenvalue weighted by Gasteiger charge is 2.31. The lowest BCUT2D eigenvalue weighted by Crippen LogP contribution is -2.38. The molecular weight excluding hydrogens is 436 g/mol. The van der Waals surface area contributed by atoms with Gasteiger partial charge >= 0.3 is 0 Å². The number of carbonyl (C=O) groups excluding carboxylic acids is 1. The summed E-state index contributed by atoms with van der Waals surface area (Å²) in [5.74, 6) is -0.186. The maximum absolute atomic E-state index is 13.6. The molecule has 1 N–H and O–H groups in total.